The van der Waals surface area contributed by atoms with E-state index >= 15 is 0 Å². The summed E-state index contributed by atoms with van der Waals surface area (Å²) in [6.45, 7) is 4.24. The van der Waals surface area contributed by atoms with Gasteiger partial charge in [-0.3, -0.25) is 9.59 Å². The lowest BCUT2D eigenvalue weighted by atomic mass is 10.1. The van der Waals surface area contributed by atoms with Crippen LogP contribution in [0.2, 0.25) is 0 Å². The highest BCUT2D eigenvalue weighted by Crippen LogP contribution is 2.40. The predicted molar refractivity (Wildman–Crippen MR) is 145 cm³/mol. The van der Waals surface area contributed by atoms with Crippen molar-refractivity contribution >= 4 is 38.9 Å². The number of imidazole rings is 1. The summed E-state index contributed by atoms with van der Waals surface area (Å²) in [7, 11) is 9.19. The van der Waals surface area contributed by atoms with Crippen molar-refractivity contribution in [2.24, 2.45) is 12.8 Å². The smallest absolute Gasteiger partial charge is 0.255 e. The number of rotatable bonds is 7. The minimum atomic E-state index is -0.823. The van der Waals surface area contributed by atoms with Crippen LogP contribution in [0.5, 0.6) is 0 Å². The SMILES string of the molecule is C=CC(=O)N1C[C@@]([Si])(n2nc(C#Cc3ccc4c(c3)nc(C3CC3)n4C)c(C(N)=O)c2NC)C[C@@H]1COC. The van der Waals surface area contributed by atoms with Crippen LogP contribution in [0.3, 0.4) is 0 Å². The standard InChI is InChI=1S/C27H30N7O3Si/c1-5-22(35)33-15-27(38,13-18(33)14-37-4)34-26(29-2)23(24(28)36)19(31-34)10-6-16-7-11-21-20(12-16)30-25(32(21)3)17-8-9-17/h5,7,11-12,17-18,29H,1,8-9,13-15H2,2-4H3,(H2,28,36)/t18-,27-/m1/s1. The zero-order valence-electron chi connectivity index (χ0n) is 21.7. The van der Waals surface area contributed by atoms with Crippen LogP contribution in [0.4, 0.5) is 5.82 Å². The summed E-state index contributed by atoms with van der Waals surface area (Å²) in [4.78, 5) is 31.6. The summed E-state index contributed by atoms with van der Waals surface area (Å²) in [6, 6.07) is 5.68. The van der Waals surface area contributed by atoms with Gasteiger partial charge >= 0.3 is 0 Å². The van der Waals surface area contributed by atoms with Crippen LogP contribution >= 0.6 is 0 Å². The van der Waals surface area contributed by atoms with Crippen LogP contribution in [-0.2, 0) is 21.7 Å². The Morgan fingerprint density at radius 1 is 1.37 bits per heavy atom. The molecule has 2 amide bonds. The molecule has 1 aromatic carbocycles. The maximum atomic E-state index is 12.6. The summed E-state index contributed by atoms with van der Waals surface area (Å²) in [5, 5.41) is 6.93. The third-order valence-corrected chi connectivity index (χ3v) is 7.79. The van der Waals surface area contributed by atoms with Gasteiger partial charge in [0.25, 0.3) is 5.91 Å². The lowest BCUT2D eigenvalue weighted by Crippen LogP contribution is -2.41. The first kappa shape index (κ1) is 25.8. The molecule has 11 heteroatoms. The first-order valence-corrected chi connectivity index (χ1v) is 13.0. The van der Waals surface area contributed by atoms with Crippen LogP contribution in [0.15, 0.2) is 30.9 Å². The summed E-state index contributed by atoms with van der Waals surface area (Å²) in [6.07, 6.45) is 4.12. The Balaban J connectivity index is 1.54. The second-order valence-corrected chi connectivity index (χ2v) is 10.8. The zero-order chi connectivity index (χ0) is 27.2. The third kappa shape index (κ3) is 4.40. The highest BCUT2D eigenvalue weighted by atomic mass is 28.1. The number of ether oxygens (including phenoxy) is 1. The average molecular weight is 529 g/mol. The minimum absolute atomic E-state index is 0.185. The summed E-state index contributed by atoms with van der Waals surface area (Å²) in [5.41, 5.74) is 8.92. The summed E-state index contributed by atoms with van der Waals surface area (Å²) in [5.74, 6) is 7.37. The van der Waals surface area contributed by atoms with Gasteiger partial charge in [0.1, 0.15) is 17.2 Å². The fourth-order valence-electron chi connectivity index (χ4n) is 5.26. The molecule has 195 valence electrons. The van der Waals surface area contributed by atoms with Gasteiger partial charge in [-0.25, -0.2) is 9.67 Å². The van der Waals surface area contributed by atoms with E-state index in [1.54, 1.807) is 23.7 Å². The van der Waals surface area contributed by atoms with Crippen molar-refractivity contribution in [3.05, 3.63) is 53.5 Å². The number of amides is 2. The van der Waals surface area contributed by atoms with Crippen molar-refractivity contribution in [2.45, 2.75) is 36.4 Å². The summed E-state index contributed by atoms with van der Waals surface area (Å²) < 4.78 is 9.14. The average Bonchev–Trinajstić information content (AvgIpc) is 3.46. The highest BCUT2D eigenvalue weighted by Gasteiger charge is 2.46. The van der Waals surface area contributed by atoms with Gasteiger partial charge in [0.15, 0.2) is 5.69 Å². The van der Waals surface area contributed by atoms with E-state index in [1.165, 1.54) is 18.9 Å². The van der Waals surface area contributed by atoms with Crippen LogP contribution in [-0.4, -0.2) is 79.6 Å². The molecule has 3 N–H and O–H groups in total. The number of carbonyl (C=O) groups is 2. The number of hydrogen-bond donors (Lipinski definition) is 2. The molecular weight excluding hydrogens is 498 g/mol. The van der Waals surface area contributed by atoms with E-state index in [0.717, 1.165) is 22.4 Å². The van der Waals surface area contributed by atoms with E-state index in [4.69, 9.17) is 20.6 Å². The Hall–Kier alpha value is -3.88. The number of hydrogen-bond acceptors (Lipinski definition) is 6. The second kappa shape index (κ2) is 9.77. The number of nitrogens with two attached hydrogens (primary N) is 1. The molecule has 2 aliphatic rings. The van der Waals surface area contributed by atoms with Crippen LogP contribution in [0.25, 0.3) is 11.0 Å². The molecule has 0 unspecified atom stereocenters. The summed E-state index contributed by atoms with van der Waals surface area (Å²) >= 11 is 0. The fourth-order valence-corrected chi connectivity index (χ4v) is 5.83. The molecule has 5 rings (SSSR count). The Kier molecular flexibility index (Phi) is 6.62. The predicted octanol–water partition coefficient (Wildman–Crippen LogP) is 1.44. The van der Waals surface area contributed by atoms with Gasteiger partial charge in [0.2, 0.25) is 5.91 Å². The molecule has 10 nitrogen and oxygen atoms in total. The number of anilines is 1. The Morgan fingerprint density at radius 3 is 2.76 bits per heavy atom. The van der Waals surface area contributed by atoms with Crippen molar-refractivity contribution in [2.75, 3.05) is 32.6 Å². The third-order valence-electron chi connectivity index (χ3n) is 7.22. The van der Waals surface area contributed by atoms with Gasteiger partial charge in [-0.05, 0) is 49.5 Å². The molecule has 1 aliphatic carbocycles. The number of carbonyl (C=O) groups excluding carboxylic acids is 2. The largest absolute Gasteiger partial charge is 0.383 e. The van der Waals surface area contributed by atoms with Crippen molar-refractivity contribution in [3.63, 3.8) is 0 Å². The fraction of sp³-hybridized carbons (Fsp3) is 0.407. The zero-order valence-corrected chi connectivity index (χ0v) is 22.7. The molecule has 0 bridgehead atoms. The number of nitrogens with zero attached hydrogens (tertiary/aromatic N) is 5. The number of fused-ring (bicyclic) bond motifs is 1. The molecule has 3 heterocycles. The Morgan fingerprint density at radius 2 is 2.13 bits per heavy atom. The van der Waals surface area contributed by atoms with E-state index in [0.29, 0.717) is 24.8 Å². The maximum absolute atomic E-state index is 12.6. The number of methoxy groups -OCH3 is 1. The van der Waals surface area contributed by atoms with Crippen molar-refractivity contribution < 1.29 is 14.3 Å². The van der Waals surface area contributed by atoms with E-state index in [9.17, 15) is 9.59 Å². The van der Waals surface area contributed by atoms with Crippen molar-refractivity contribution in [1.82, 2.24) is 24.2 Å². The Bertz CT molecular complexity index is 1510. The van der Waals surface area contributed by atoms with Gasteiger partial charge in [0, 0.05) is 39.2 Å². The molecular formula is C27H30N7O3Si. The minimum Gasteiger partial charge on any atom is -0.383 e. The Labute approximate surface area is 224 Å². The lowest BCUT2D eigenvalue weighted by Gasteiger charge is -2.27. The molecule has 3 radical (unpaired) electrons. The number of aromatic nitrogens is 4. The van der Waals surface area contributed by atoms with E-state index < -0.39 is 11.1 Å². The van der Waals surface area contributed by atoms with Gasteiger partial charge in [0.05, 0.1) is 39.1 Å². The first-order valence-electron chi connectivity index (χ1n) is 12.5. The highest BCUT2D eigenvalue weighted by molar-refractivity contribution is 6.15. The molecule has 2 atom stereocenters. The molecule has 2 aromatic heterocycles. The monoisotopic (exact) mass is 528 g/mol. The van der Waals surface area contributed by atoms with Crippen molar-refractivity contribution in [3.8, 4) is 11.8 Å². The van der Waals surface area contributed by atoms with Crippen molar-refractivity contribution in [1.29, 1.82) is 0 Å². The van der Waals surface area contributed by atoms with Gasteiger partial charge in [-0.15, -0.1) is 0 Å². The lowest BCUT2D eigenvalue weighted by molar-refractivity contribution is -0.127. The second-order valence-electron chi connectivity index (χ2n) is 9.87. The molecule has 1 saturated heterocycles. The molecule has 1 aliphatic heterocycles. The number of aryl methyl sites for hydroxylation is 1. The normalized spacial score (nSPS) is 20.8. The quantitative estimate of drug-likeness (QED) is 0.272. The number of primary amides is 1. The molecule has 0 spiro atoms. The maximum Gasteiger partial charge on any atom is 0.255 e. The number of benzene rings is 1. The van der Waals surface area contributed by atoms with Gasteiger partial charge in [-0.1, -0.05) is 12.5 Å². The van der Waals surface area contributed by atoms with E-state index in [2.05, 4.69) is 38.5 Å². The van der Waals surface area contributed by atoms with E-state index in [-0.39, 0.29) is 29.8 Å². The number of nitrogens with one attached hydrogen (secondary N) is 1. The van der Waals surface area contributed by atoms with Gasteiger partial charge < -0.3 is 25.3 Å². The molecule has 38 heavy (non-hydrogen) atoms. The molecule has 3 aromatic rings. The van der Waals surface area contributed by atoms with Crippen LogP contribution in [0, 0.1) is 11.8 Å². The van der Waals surface area contributed by atoms with Crippen LogP contribution in [0.1, 0.15) is 52.6 Å². The topological polar surface area (TPSA) is 120 Å². The van der Waals surface area contributed by atoms with E-state index in [1.807, 2.05) is 25.2 Å². The molecule has 2 fully saturated rings. The number of likely N-dealkylation sites (tertiary alicyclic amines) is 1. The van der Waals surface area contributed by atoms with Gasteiger partial charge in [-0.2, -0.15) is 5.10 Å². The first-order chi connectivity index (χ1) is 18.2. The molecule has 1 saturated carbocycles. The van der Waals surface area contributed by atoms with Crippen LogP contribution < -0.4 is 11.1 Å².